The lowest BCUT2D eigenvalue weighted by molar-refractivity contribution is 0.268. The van der Waals surface area contributed by atoms with Gasteiger partial charge in [0.15, 0.2) is 0 Å². The molecular weight excluding hydrogens is 315 g/mol. The fourth-order valence-corrected chi connectivity index (χ4v) is 3.93. The molecule has 0 atom stereocenters. The van der Waals surface area contributed by atoms with Crippen molar-refractivity contribution in [3.63, 3.8) is 0 Å². The Morgan fingerprint density at radius 2 is 1.81 bits per heavy atom. The second kappa shape index (κ2) is 8.08. The van der Waals surface area contributed by atoms with Gasteiger partial charge in [-0.1, -0.05) is 6.92 Å². The standard InChI is InChI=1S/C14H21FN2O2S.ClH/c1-2-16-11-12-7-9-17(10-8-12)20(18,19)14-5-3-13(15)4-6-14;/h3-6,12,16H,2,7-11H2,1H3;1H. The summed E-state index contributed by atoms with van der Waals surface area (Å²) in [5.74, 6) is 0.114. The van der Waals surface area contributed by atoms with Crippen LogP contribution in [0.15, 0.2) is 29.2 Å². The molecule has 0 spiro atoms. The average molecular weight is 337 g/mol. The Bertz CT molecular complexity index is 528. The van der Waals surface area contributed by atoms with Crippen LogP contribution in [0.3, 0.4) is 0 Å². The first kappa shape index (κ1) is 18.4. The van der Waals surface area contributed by atoms with E-state index in [1.54, 1.807) is 0 Å². The zero-order valence-corrected chi connectivity index (χ0v) is 13.7. The fourth-order valence-electron chi connectivity index (χ4n) is 2.46. The summed E-state index contributed by atoms with van der Waals surface area (Å²) in [5.41, 5.74) is 0. The third kappa shape index (κ3) is 4.64. The van der Waals surface area contributed by atoms with Gasteiger partial charge in [0.25, 0.3) is 0 Å². The molecule has 0 saturated carbocycles. The maximum Gasteiger partial charge on any atom is 0.243 e. The smallest absolute Gasteiger partial charge is 0.243 e. The Morgan fingerprint density at radius 1 is 1.24 bits per heavy atom. The van der Waals surface area contributed by atoms with Crippen molar-refractivity contribution in [3.8, 4) is 0 Å². The Balaban J connectivity index is 0.00000220. The first-order valence-corrected chi connectivity index (χ1v) is 8.44. The van der Waals surface area contributed by atoms with Gasteiger partial charge in [-0.15, -0.1) is 12.4 Å². The van der Waals surface area contributed by atoms with E-state index in [-0.39, 0.29) is 17.3 Å². The van der Waals surface area contributed by atoms with Crippen LogP contribution >= 0.6 is 12.4 Å². The molecule has 1 saturated heterocycles. The molecule has 1 N–H and O–H groups in total. The normalized spacial score (nSPS) is 17.4. The first-order chi connectivity index (χ1) is 9.54. The number of halogens is 2. The highest BCUT2D eigenvalue weighted by atomic mass is 35.5. The van der Waals surface area contributed by atoms with E-state index in [2.05, 4.69) is 12.2 Å². The number of hydrogen-bond acceptors (Lipinski definition) is 3. The van der Waals surface area contributed by atoms with Crippen molar-refractivity contribution in [2.45, 2.75) is 24.7 Å². The quantitative estimate of drug-likeness (QED) is 0.897. The Morgan fingerprint density at radius 3 is 2.33 bits per heavy atom. The molecule has 0 bridgehead atoms. The van der Waals surface area contributed by atoms with Gasteiger partial charge in [0, 0.05) is 13.1 Å². The Hall–Kier alpha value is -0.690. The van der Waals surface area contributed by atoms with Crippen LogP contribution < -0.4 is 5.32 Å². The number of nitrogens with one attached hydrogen (secondary N) is 1. The van der Waals surface area contributed by atoms with Crippen molar-refractivity contribution in [1.29, 1.82) is 0 Å². The van der Waals surface area contributed by atoms with Crippen LogP contribution in [0.2, 0.25) is 0 Å². The number of benzene rings is 1. The third-order valence-electron chi connectivity index (χ3n) is 3.71. The van der Waals surface area contributed by atoms with Gasteiger partial charge in [0.2, 0.25) is 10.0 Å². The molecule has 4 nitrogen and oxygen atoms in total. The van der Waals surface area contributed by atoms with Crippen LogP contribution in [-0.2, 0) is 10.0 Å². The molecule has 0 aliphatic carbocycles. The van der Waals surface area contributed by atoms with Crippen molar-refractivity contribution in [1.82, 2.24) is 9.62 Å². The van der Waals surface area contributed by atoms with E-state index in [1.807, 2.05) is 0 Å². The van der Waals surface area contributed by atoms with Crippen molar-refractivity contribution in [2.24, 2.45) is 5.92 Å². The number of sulfonamides is 1. The van der Waals surface area contributed by atoms with E-state index in [0.29, 0.717) is 19.0 Å². The topological polar surface area (TPSA) is 49.4 Å². The van der Waals surface area contributed by atoms with Crippen molar-refractivity contribution in [2.75, 3.05) is 26.2 Å². The van der Waals surface area contributed by atoms with Crippen molar-refractivity contribution >= 4 is 22.4 Å². The van der Waals surface area contributed by atoms with Gasteiger partial charge < -0.3 is 5.32 Å². The number of nitrogens with zero attached hydrogens (tertiary/aromatic N) is 1. The predicted molar refractivity (Wildman–Crippen MR) is 83.7 cm³/mol. The Kier molecular flexibility index (Phi) is 7.06. The second-order valence-electron chi connectivity index (χ2n) is 5.11. The molecule has 0 unspecified atom stereocenters. The molecule has 1 aliphatic heterocycles. The van der Waals surface area contributed by atoms with Crippen LogP contribution in [0.25, 0.3) is 0 Å². The molecule has 2 rings (SSSR count). The van der Waals surface area contributed by atoms with E-state index in [0.717, 1.165) is 25.9 Å². The van der Waals surface area contributed by atoms with Crippen LogP contribution in [0.5, 0.6) is 0 Å². The van der Waals surface area contributed by atoms with E-state index < -0.39 is 15.8 Å². The summed E-state index contributed by atoms with van der Waals surface area (Å²) in [6.07, 6.45) is 1.74. The van der Waals surface area contributed by atoms with Crippen LogP contribution in [-0.4, -0.2) is 38.9 Å². The van der Waals surface area contributed by atoms with Gasteiger partial charge >= 0.3 is 0 Å². The SMILES string of the molecule is CCNCC1CCN(S(=O)(=O)c2ccc(F)cc2)CC1.Cl. The monoisotopic (exact) mass is 336 g/mol. The number of rotatable bonds is 5. The molecule has 1 heterocycles. The molecule has 120 valence electrons. The molecular formula is C14H22ClFN2O2S. The Labute approximate surface area is 132 Å². The second-order valence-corrected chi connectivity index (χ2v) is 7.05. The highest BCUT2D eigenvalue weighted by Gasteiger charge is 2.29. The minimum atomic E-state index is -3.48. The molecule has 1 aliphatic rings. The molecule has 1 fully saturated rings. The van der Waals surface area contributed by atoms with Gasteiger partial charge in [-0.25, -0.2) is 12.8 Å². The highest BCUT2D eigenvalue weighted by molar-refractivity contribution is 7.89. The zero-order chi connectivity index (χ0) is 14.6. The lowest BCUT2D eigenvalue weighted by Gasteiger charge is -2.31. The van der Waals surface area contributed by atoms with E-state index >= 15 is 0 Å². The molecule has 0 radical (unpaired) electrons. The van der Waals surface area contributed by atoms with Crippen LogP contribution in [0.1, 0.15) is 19.8 Å². The lowest BCUT2D eigenvalue weighted by atomic mass is 9.98. The summed E-state index contributed by atoms with van der Waals surface area (Å²) in [5, 5.41) is 3.30. The summed E-state index contributed by atoms with van der Waals surface area (Å²) in [7, 11) is -3.48. The maximum absolute atomic E-state index is 12.9. The predicted octanol–water partition coefficient (Wildman–Crippen LogP) is 2.26. The maximum atomic E-state index is 12.9. The summed E-state index contributed by atoms with van der Waals surface area (Å²) >= 11 is 0. The van der Waals surface area contributed by atoms with Gasteiger partial charge in [-0.05, 0) is 56.1 Å². The first-order valence-electron chi connectivity index (χ1n) is 7.00. The molecule has 1 aromatic rings. The molecule has 1 aromatic carbocycles. The summed E-state index contributed by atoms with van der Waals surface area (Å²) in [6, 6.07) is 5.03. The van der Waals surface area contributed by atoms with Crippen LogP contribution in [0.4, 0.5) is 4.39 Å². The minimum absolute atomic E-state index is 0. The zero-order valence-electron chi connectivity index (χ0n) is 12.1. The summed E-state index contributed by atoms with van der Waals surface area (Å²) in [6.45, 7) is 5.02. The van der Waals surface area contributed by atoms with Gasteiger partial charge in [-0.2, -0.15) is 4.31 Å². The highest BCUT2D eigenvalue weighted by Crippen LogP contribution is 2.23. The molecule has 7 heteroatoms. The molecule has 0 aromatic heterocycles. The van der Waals surface area contributed by atoms with Gasteiger partial charge in [-0.3, -0.25) is 0 Å². The fraction of sp³-hybridized carbons (Fsp3) is 0.571. The minimum Gasteiger partial charge on any atom is -0.317 e. The van der Waals surface area contributed by atoms with Gasteiger partial charge in [0.1, 0.15) is 5.82 Å². The largest absolute Gasteiger partial charge is 0.317 e. The number of hydrogen-bond donors (Lipinski definition) is 1. The van der Waals surface area contributed by atoms with E-state index in [4.69, 9.17) is 0 Å². The average Bonchev–Trinajstić information content (AvgIpc) is 2.46. The van der Waals surface area contributed by atoms with E-state index in [1.165, 1.54) is 28.6 Å². The molecule has 21 heavy (non-hydrogen) atoms. The molecule has 0 amide bonds. The lowest BCUT2D eigenvalue weighted by Crippen LogP contribution is -2.40. The van der Waals surface area contributed by atoms with E-state index in [9.17, 15) is 12.8 Å². The third-order valence-corrected chi connectivity index (χ3v) is 5.62. The summed E-state index contributed by atoms with van der Waals surface area (Å²) < 4.78 is 39.2. The van der Waals surface area contributed by atoms with Crippen LogP contribution in [0, 0.1) is 11.7 Å². The summed E-state index contributed by atoms with van der Waals surface area (Å²) in [4.78, 5) is 0.170. The van der Waals surface area contributed by atoms with Crippen molar-refractivity contribution in [3.05, 3.63) is 30.1 Å². The van der Waals surface area contributed by atoms with Gasteiger partial charge in [0.05, 0.1) is 4.90 Å². The number of piperidine rings is 1. The van der Waals surface area contributed by atoms with Crippen molar-refractivity contribution < 1.29 is 12.8 Å².